The Kier molecular flexibility index (Phi) is 4.57. The predicted octanol–water partition coefficient (Wildman–Crippen LogP) is 1.36. The minimum atomic E-state index is -0.334. The normalized spacial score (nSPS) is 26.2. The van der Waals surface area contributed by atoms with E-state index in [0.717, 1.165) is 32.4 Å². The molecule has 1 saturated heterocycles. The molecule has 0 N–H and O–H groups in total. The molecule has 1 atom stereocenters. The summed E-state index contributed by atoms with van der Waals surface area (Å²) in [6.45, 7) is 6.11. The molecule has 2 heterocycles. The average Bonchev–Trinajstić information content (AvgIpc) is 2.40. The third-order valence-electron chi connectivity index (χ3n) is 3.16. The largest absolute Gasteiger partial charge is 0.490 e. The van der Waals surface area contributed by atoms with Gasteiger partial charge in [-0.15, -0.1) is 0 Å². The van der Waals surface area contributed by atoms with Gasteiger partial charge in [-0.25, -0.2) is 0 Å². The lowest BCUT2D eigenvalue weighted by Gasteiger charge is -2.32. The van der Waals surface area contributed by atoms with Crippen LogP contribution in [0.15, 0.2) is 11.8 Å². The predicted molar refractivity (Wildman–Crippen MR) is 64.7 cm³/mol. The summed E-state index contributed by atoms with van der Waals surface area (Å²) in [5.74, 6) is 0.533. The highest BCUT2D eigenvalue weighted by Gasteiger charge is 2.29. The van der Waals surface area contributed by atoms with E-state index in [2.05, 4.69) is 11.8 Å². The van der Waals surface area contributed by atoms with E-state index in [1.54, 1.807) is 0 Å². The molecule has 4 heteroatoms. The van der Waals surface area contributed by atoms with Crippen molar-refractivity contribution in [2.45, 2.75) is 32.3 Å². The standard InChI is InChI=1S/C13H21NO3/c1-2-6-14-7-9-17-12(10-14)13(15)11-5-3-4-8-16-11/h5,12H,2-4,6-10H2,1H3. The fourth-order valence-electron chi connectivity index (χ4n) is 2.27. The first kappa shape index (κ1) is 12.6. The van der Waals surface area contributed by atoms with Crippen molar-refractivity contribution in [3.05, 3.63) is 11.8 Å². The van der Waals surface area contributed by atoms with Crippen LogP contribution in [0.4, 0.5) is 0 Å². The molecule has 1 unspecified atom stereocenters. The zero-order valence-corrected chi connectivity index (χ0v) is 10.5. The Bertz CT molecular complexity index is 299. The molecule has 96 valence electrons. The molecule has 17 heavy (non-hydrogen) atoms. The van der Waals surface area contributed by atoms with E-state index in [4.69, 9.17) is 9.47 Å². The fraction of sp³-hybridized carbons (Fsp3) is 0.769. The second kappa shape index (κ2) is 6.17. The summed E-state index contributed by atoms with van der Waals surface area (Å²) in [5.41, 5.74) is 0. The number of hydrogen-bond acceptors (Lipinski definition) is 4. The quantitative estimate of drug-likeness (QED) is 0.742. The number of rotatable bonds is 4. The van der Waals surface area contributed by atoms with Gasteiger partial charge in [-0.3, -0.25) is 9.69 Å². The van der Waals surface area contributed by atoms with Gasteiger partial charge in [0.15, 0.2) is 5.76 Å². The van der Waals surface area contributed by atoms with Crippen LogP contribution in [0.1, 0.15) is 26.2 Å². The van der Waals surface area contributed by atoms with Gasteiger partial charge in [-0.2, -0.15) is 0 Å². The van der Waals surface area contributed by atoms with Crippen LogP contribution in [-0.4, -0.2) is 49.6 Å². The molecule has 1 fully saturated rings. The monoisotopic (exact) mass is 239 g/mol. The van der Waals surface area contributed by atoms with Gasteiger partial charge in [0.05, 0.1) is 13.2 Å². The zero-order chi connectivity index (χ0) is 12.1. The number of nitrogens with zero attached hydrogens (tertiary/aromatic N) is 1. The van der Waals surface area contributed by atoms with Gasteiger partial charge < -0.3 is 9.47 Å². The van der Waals surface area contributed by atoms with Gasteiger partial charge in [0.1, 0.15) is 6.10 Å². The lowest BCUT2D eigenvalue weighted by Crippen LogP contribution is -2.46. The molecular weight excluding hydrogens is 218 g/mol. The van der Waals surface area contributed by atoms with Crippen molar-refractivity contribution in [3.8, 4) is 0 Å². The van der Waals surface area contributed by atoms with Crippen molar-refractivity contribution >= 4 is 5.78 Å². The third-order valence-corrected chi connectivity index (χ3v) is 3.16. The van der Waals surface area contributed by atoms with Gasteiger partial charge in [0.2, 0.25) is 5.78 Å². The van der Waals surface area contributed by atoms with Crippen LogP contribution >= 0.6 is 0 Å². The second-order valence-electron chi connectivity index (χ2n) is 4.58. The molecule has 4 nitrogen and oxygen atoms in total. The van der Waals surface area contributed by atoms with E-state index in [0.29, 0.717) is 25.5 Å². The van der Waals surface area contributed by atoms with Gasteiger partial charge >= 0.3 is 0 Å². The number of ether oxygens (including phenoxy) is 2. The van der Waals surface area contributed by atoms with Crippen LogP contribution in [-0.2, 0) is 14.3 Å². The number of hydrogen-bond donors (Lipinski definition) is 0. The van der Waals surface area contributed by atoms with Crippen LogP contribution in [0, 0.1) is 0 Å². The van der Waals surface area contributed by atoms with Crippen LogP contribution in [0.3, 0.4) is 0 Å². The Morgan fingerprint density at radius 3 is 3.12 bits per heavy atom. The third kappa shape index (κ3) is 3.30. The molecule has 0 amide bonds. The van der Waals surface area contributed by atoms with Crippen LogP contribution in [0.2, 0.25) is 0 Å². The first-order valence-corrected chi connectivity index (χ1v) is 6.52. The number of ketones is 1. The molecule has 2 aliphatic heterocycles. The van der Waals surface area contributed by atoms with Crippen molar-refractivity contribution in [2.24, 2.45) is 0 Å². The van der Waals surface area contributed by atoms with Crippen molar-refractivity contribution in [2.75, 3.05) is 32.8 Å². The summed E-state index contributed by atoms with van der Waals surface area (Å²) >= 11 is 0. The lowest BCUT2D eigenvalue weighted by molar-refractivity contribution is -0.136. The maximum atomic E-state index is 12.2. The van der Waals surface area contributed by atoms with E-state index >= 15 is 0 Å². The first-order chi connectivity index (χ1) is 8.31. The van der Waals surface area contributed by atoms with Crippen LogP contribution in [0.5, 0.6) is 0 Å². The van der Waals surface area contributed by atoms with E-state index in [9.17, 15) is 4.79 Å². The maximum Gasteiger partial charge on any atom is 0.226 e. The van der Waals surface area contributed by atoms with Crippen molar-refractivity contribution in [1.82, 2.24) is 4.90 Å². The molecule has 0 aromatic rings. The highest BCUT2D eigenvalue weighted by atomic mass is 16.5. The number of carbonyl (C=O) groups excluding carboxylic acids is 1. The first-order valence-electron chi connectivity index (χ1n) is 6.52. The molecule has 0 bridgehead atoms. The van der Waals surface area contributed by atoms with Crippen molar-refractivity contribution in [1.29, 1.82) is 0 Å². The Balaban J connectivity index is 1.92. The lowest BCUT2D eigenvalue weighted by atomic mass is 10.1. The van der Waals surface area contributed by atoms with Gasteiger partial charge in [0.25, 0.3) is 0 Å². The molecule has 0 radical (unpaired) electrons. The summed E-state index contributed by atoms with van der Waals surface area (Å²) in [7, 11) is 0. The molecule has 0 aromatic heterocycles. The Morgan fingerprint density at radius 2 is 2.41 bits per heavy atom. The molecule has 2 aliphatic rings. The number of allylic oxidation sites excluding steroid dienone is 1. The van der Waals surface area contributed by atoms with E-state index in [-0.39, 0.29) is 11.9 Å². The average molecular weight is 239 g/mol. The molecule has 0 saturated carbocycles. The van der Waals surface area contributed by atoms with E-state index in [1.807, 2.05) is 6.08 Å². The highest BCUT2D eigenvalue weighted by molar-refractivity contribution is 5.97. The smallest absolute Gasteiger partial charge is 0.226 e. The fourth-order valence-corrected chi connectivity index (χ4v) is 2.27. The van der Waals surface area contributed by atoms with Crippen LogP contribution in [0.25, 0.3) is 0 Å². The van der Waals surface area contributed by atoms with E-state index in [1.165, 1.54) is 0 Å². The minimum absolute atomic E-state index is 0.0190. The number of Topliss-reactive ketones (excluding diaryl/α,β-unsaturated/α-hetero) is 1. The number of carbonyl (C=O) groups is 1. The van der Waals surface area contributed by atoms with Gasteiger partial charge in [-0.05, 0) is 31.9 Å². The summed E-state index contributed by atoms with van der Waals surface area (Å²) < 4.78 is 11.0. The minimum Gasteiger partial charge on any atom is -0.490 e. The van der Waals surface area contributed by atoms with E-state index < -0.39 is 0 Å². The topological polar surface area (TPSA) is 38.8 Å². The molecule has 0 spiro atoms. The zero-order valence-electron chi connectivity index (χ0n) is 10.5. The Labute approximate surface area is 103 Å². The van der Waals surface area contributed by atoms with Gasteiger partial charge in [-0.1, -0.05) is 6.92 Å². The summed E-state index contributed by atoms with van der Waals surface area (Å²) in [6.07, 6.45) is 4.62. The molecule has 2 rings (SSSR count). The molecular formula is C13H21NO3. The maximum absolute atomic E-state index is 12.2. The van der Waals surface area contributed by atoms with Gasteiger partial charge in [0, 0.05) is 13.1 Å². The van der Waals surface area contributed by atoms with Crippen molar-refractivity contribution in [3.63, 3.8) is 0 Å². The Hall–Kier alpha value is -0.870. The second-order valence-corrected chi connectivity index (χ2v) is 4.58. The molecule has 0 aromatic carbocycles. The summed E-state index contributed by atoms with van der Waals surface area (Å²) in [6, 6.07) is 0. The molecule has 0 aliphatic carbocycles. The van der Waals surface area contributed by atoms with Crippen molar-refractivity contribution < 1.29 is 14.3 Å². The SMILES string of the molecule is CCCN1CCOC(C(=O)C2=CCCCO2)C1. The highest BCUT2D eigenvalue weighted by Crippen LogP contribution is 2.16. The number of morpholine rings is 1. The van der Waals surface area contributed by atoms with Crippen LogP contribution < -0.4 is 0 Å². The summed E-state index contributed by atoms with van der Waals surface area (Å²) in [5, 5.41) is 0. The summed E-state index contributed by atoms with van der Waals surface area (Å²) in [4.78, 5) is 14.4. The Morgan fingerprint density at radius 1 is 1.53 bits per heavy atom.